The largest absolute Gasteiger partial charge is 0.512 e. The van der Waals surface area contributed by atoms with Gasteiger partial charge in [0.15, 0.2) is 0 Å². The molecule has 2 aromatic carbocycles. The highest BCUT2D eigenvalue weighted by molar-refractivity contribution is 5.57. The lowest BCUT2D eigenvalue weighted by Gasteiger charge is -2.40. The van der Waals surface area contributed by atoms with Crippen LogP contribution in [0.15, 0.2) is 147 Å². The van der Waals surface area contributed by atoms with E-state index in [1.54, 1.807) is 0 Å². The van der Waals surface area contributed by atoms with Gasteiger partial charge < -0.3 is 20.4 Å². The van der Waals surface area contributed by atoms with Gasteiger partial charge in [0.2, 0.25) is 0 Å². The fourth-order valence-corrected chi connectivity index (χ4v) is 10.7. The molecular weight excluding hydrogens is 725 g/mol. The van der Waals surface area contributed by atoms with Gasteiger partial charge in [-0.15, -0.1) is 0 Å². The molecule has 4 heteroatoms. The van der Waals surface area contributed by atoms with Crippen molar-refractivity contribution in [2.75, 3.05) is 0 Å². The van der Waals surface area contributed by atoms with Crippen molar-refractivity contribution >= 4 is 0 Å². The molecule has 7 rings (SSSR count). The summed E-state index contributed by atoms with van der Waals surface area (Å²) in [6.45, 7) is 23.8. The summed E-state index contributed by atoms with van der Waals surface area (Å²) in [7, 11) is 0. The van der Waals surface area contributed by atoms with E-state index in [-0.39, 0.29) is 40.9 Å². The lowest BCUT2D eigenvalue weighted by Crippen LogP contribution is -2.32. The van der Waals surface area contributed by atoms with Crippen LogP contribution in [-0.4, -0.2) is 26.5 Å². The van der Waals surface area contributed by atoms with Gasteiger partial charge in [0.1, 0.15) is 11.5 Å². The van der Waals surface area contributed by atoms with Gasteiger partial charge in [-0.2, -0.15) is 0 Å². The molecule has 59 heavy (non-hydrogen) atoms. The average molecular weight is 791 g/mol. The van der Waals surface area contributed by atoms with Crippen molar-refractivity contribution in [1.29, 1.82) is 0 Å². The van der Waals surface area contributed by atoms with Crippen LogP contribution >= 0.6 is 0 Å². The van der Waals surface area contributed by atoms with Gasteiger partial charge >= 0.3 is 0 Å². The molecule has 0 heterocycles. The summed E-state index contributed by atoms with van der Waals surface area (Å²) in [5, 5.41) is 42.6. The molecule has 310 valence electrons. The first-order valence-corrected chi connectivity index (χ1v) is 21.9. The van der Waals surface area contributed by atoms with E-state index in [9.17, 15) is 20.4 Å². The second-order valence-electron chi connectivity index (χ2n) is 19.0. The molecule has 0 fully saturated rings. The molecule has 0 saturated heterocycles. The monoisotopic (exact) mass is 790 g/mol. The number of phenolic OH excluding ortho intramolecular Hbond substituents is 1. The van der Waals surface area contributed by atoms with Crippen LogP contribution in [0.4, 0.5) is 0 Å². The lowest BCUT2D eigenvalue weighted by molar-refractivity contribution is 0.181. The van der Waals surface area contributed by atoms with E-state index >= 15 is 0 Å². The summed E-state index contributed by atoms with van der Waals surface area (Å²) in [5.41, 5.74) is 17.9. The number of benzene rings is 2. The Labute approximate surface area is 353 Å². The minimum absolute atomic E-state index is 0.0220. The number of aliphatic hydroxyl groups is 3. The third-order valence-corrected chi connectivity index (χ3v) is 14.9. The van der Waals surface area contributed by atoms with Gasteiger partial charge in [-0.25, -0.2) is 0 Å². The lowest BCUT2D eigenvalue weighted by atomic mass is 9.64. The normalized spacial score (nSPS) is 28.5. The summed E-state index contributed by atoms with van der Waals surface area (Å²) >= 11 is 0. The van der Waals surface area contributed by atoms with Gasteiger partial charge in [0.25, 0.3) is 0 Å². The SMILES string of the molecule is CC1=CC(O)C(C)C=C1C(C1=CC(C)=C(O)CC1C)c1ccc([C@@]2(C)C=CC=C(C3=CC=C(C(c4cc(C)c(O)cc4C)C4CC(C)=C(O)C=C4C)CC3)[C@@H]2C)cc1C. The van der Waals surface area contributed by atoms with Crippen molar-refractivity contribution < 1.29 is 20.4 Å². The Morgan fingerprint density at radius 1 is 0.763 bits per heavy atom. The van der Waals surface area contributed by atoms with E-state index in [1.165, 1.54) is 55.7 Å². The number of phenols is 1. The highest BCUT2D eigenvalue weighted by Gasteiger charge is 2.39. The minimum Gasteiger partial charge on any atom is -0.512 e. The van der Waals surface area contributed by atoms with Crippen molar-refractivity contribution in [3.05, 3.63) is 180 Å². The molecule has 8 atom stereocenters. The summed E-state index contributed by atoms with van der Waals surface area (Å²) in [6, 6.07) is 11.2. The van der Waals surface area contributed by atoms with E-state index < -0.39 is 6.10 Å². The Morgan fingerprint density at radius 2 is 1.49 bits per heavy atom. The van der Waals surface area contributed by atoms with E-state index in [0.29, 0.717) is 23.7 Å². The summed E-state index contributed by atoms with van der Waals surface area (Å²) in [6.07, 6.45) is 23.0. The van der Waals surface area contributed by atoms with Crippen LogP contribution in [0.2, 0.25) is 0 Å². The smallest absolute Gasteiger partial charge is 0.118 e. The first kappa shape index (κ1) is 42.3. The van der Waals surface area contributed by atoms with Gasteiger partial charge in [0, 0.05) is 29.6 Å². The zero-order valence-corrected chi connectivity index (χ0v) is 37.2. The molecule has 0 radical (unpaired) electrons. The Hall–Kier alpha value is -4.80. The number of aryl methyl sites for hydroxylation is 3. The maximum absolute atomic E-state index is 10.7. The molecular formula is C55H66O4. The van der Waals surface area contributed by atoms with E-state index in [0.717, 1.165) is 47.1 Å². The molecule has 0 aromatic heterocycles. The Kier molecular flexibility index (Phi) is 11.7. The Balaban J connectivity index is 1.22. The van der Waals surface area contributed by atoms with Crippen molar-refractivity contribution in [3.63, 3.8) is 0 Å². The quantitative estimate of drug-likeness (QED) is 0.215. The van der Waals surface area contributed by atoms with Crippen LogP contribution in [0.5, 0.6) is 5.75 Å². The van der Waals surface area contributed by atoms with Crippen LogP contribution in [0, 0.1) is 44.4 Å². The molecule has 6 unspecified atom stereocenters. The standard InChI is InChI=1S/C55H66O4/c1-30-21-42(18-19-43(30)54(47-24-37(8)51(58)28-33(47)4)48-25-38(9)52(59)29-34(48)5)55(11)20-12-13-44(39(55)10)40-14-16-41(17-15-40)53(45-22-35(6)49(56)26-31(45)2)46-23-36(7)50(57)27-32(46)3/h12-14,16,18-22,24-28,34,37,39,46,51,53-54,56-59H,15,17,23,29H2,1-11H3/t34?,37?,39-,46?,51?,53?,54?,55-/m0/s1. The third kappa shape index (κ3) is 7.86. The molecule has 0 aliphatic heterocycles. The fourth-order valence-electron chi connectivity index (χ4n) is 10.7. The summed E-state index contributed by atoms with van der Waals surface area (Å²) in [4.78, 5) is 0. The predicted molar refractivity (Wildman–Crippen MR) is 245 cm³/mol. The molecule has 0 amide bonds. The summed E-state index contributed by atoms with van der Waals surface area (Å²) in [5.74, 6) is 2.07. The molecule has 4 N–H and O–H groups in total. The minimum atomic E-state index is -0.487. The number of rotatable bonds is 8. The third-order valence-electron chi connectivity index (χ3n) is 14.9. The fraction of sp³-hybridized carbons (Fsp3) is 0.418. The van der Waals surface area contributed by atoms with Crippen LogP contribution in [0.25, 0.3) is 0 Å². The maximum atomic E-state index is 10.7. The molecule has 5 aliphatic carbocycles. The van der Waals surface area contributed by atoms with Gasteiger partial charge in [0.05, 0.1) is 11.9 Å². The van der Waals surface area contributed by atoms with Crippen LogP contribution < -0.4 is 0 Å². The molecule has 0 saturated carbocycles. The second-order valence-corrected chi connectivity index (χ2v) is 19.0. The number of aromatic hydroxyl groups is 1. The number of aliphatic hydroxyl groups excluding tert-OH is 3. The molecule has 5 aliphatic rings. The highest BCUT2D eigenvalue weighted by Crippen LogP contribution is 2.51. The number of hydrogen-bond donors (Lipinski definition) is 4. The zero-order chi connectivity index (χ0) is 42.7. The first-order chi connectivity index (χ1) is 27.9. The molecule has 0 spiro atoms. The van der Waals surface area contributed by atoms with E-state index in [2.05, 4.69) is 122 Å². The van der Waals surface area contributed by atoms with Gasteiger partial charge in [-0.1, -0.05) is 117 Å². The topological polar surface area (TPSA) is 80.9 Å². The molecule has 0 bridgehead atoms. The number of allylic oxidation sites excluding steroid dienone is 17. The Bertz CT molecular complexity index is 2380. The molecule has 2 aromatic rings. The van der Waals surface area contributed by atoms with Gasteiger partial charge in [-0.05, 0) is 164 Å². The van der Waals surface area contributed by atoms with E-state index in [4.69, 9.17) is 0 Å². The maximum Gasteiger partial charge on any atom is 0.118 e. The Morgan fingerprint density at radius 3 is 2.19 bits per heavy atom. The summed E-state index contributed by atoms with van der Waals surface area (Å²) < 4.78 is 0. The van der Waals surface area contributed by atoms with Crippen molar-refractivity contribution in [1.82, 2.24) is 0 Å². The first-order valence-electron chi connectivity index (χ1n) is 21.9. The van der Waals surface area contributed by atoms with E-state index in [1.807, 2.05) is 39.0 Å². The van der Waals surface area contributed by atoms with Crippen molar-refractivity contribution in [2.45, 2.75) is 125 Å². The van der Waals surface area contributed by atoms with Crippen molar-refractivity contribution in [2.24, 2.45) is 23.7 Å². The zero-order valence-electron chi connectivity index (χ0n) is 37.2. The predicted octanol–water partition coefficient (Wildman–Crippen LogP) is 13.7. The van der Waals surface area contributed by atoms with Gasteiger partial charge in [-0.3, -0.25) is 0 Å². The van der Waals surface area contributed by atoms with Crippen LogP contribution in [-0.2, 0) is 5.41 Å². The number of hydrogen-bond acceptors (Lipinski definition) is 4. The average Bonchev–Trinajstić information content (AvgIpc) is 3.18. The van der Waals surface area contributed by atoms with Crippen molar-refractivity contribution in [3.8, 4) is 5.75 Å². The van der Waals surface area contributed by atoms with Crippen LogP contribution in [0.1, 0.15) is 126 Å². The highest BCUT2D eigenvalue weighted by atomic mass is 16.3. The second kappa shape index (κ2) is 16.3. The molecule has 4 nitrogen and oxygen atoms in total. The van der Waals surface area contributed by atoms with Crippen LogP contribution in [0.3, 0.4) is 0 Å².